The van der Waals surface area contributed by atoms with Crippen molar-refractivity contribution in [1.29, 1.82) is 0 Å². The summed E-state index contributed by atoms with van der Waals surface area (Å²) in [4.78, 5) is 30.8. The summed E-state index contributed by atoms with van der Waals surface area (Å²) in [6.45, 7) is 10.1. The molecule has 3 aliphatic heterocycles. The number of hydrogen-bond donors (Lipinski definition) is 1. The van der Waals surface area contributed by atoms with Gasteiger partial charge in [-0.25, -0.2) is 0 Å². The highest BCUT2D eigenvalue weighted by Gasteiger charge is 2.28. The van der Waals surface area contributed by atoms with Crippen molar-refractivity contribution in [2.45, 2.75) is 51.2 Å². The quantitative estimate of drug-likeness (QED) is 0.706. The Labute approximate surface area is 157 Å². The lowest BCUT2D eigenvalue weighted by Crippen LogP contribution is -2.54. The van der Waals surface area contributed by atoms with Crippen LogP contribution in [0.3, 0.4) is 0 Å². The monoisotopic (exact) mass is 366 g/mol. The van der Waals surface area contributed by atoms with Crippen LogP contribution in [0.1, 0.15) is 39.0 Å². The van der Waals surface area contributed by atoms with Gasteiger partial charge in [0.15, 0.2) is 0 Å². The molecule has 7 nitrogen and oxygen atoms in total. The van der Waals surface area contributed by atoms with E-state index < -0.39 is 0 Å². The second-order valence-electron chi connectivity index (χ2n) is 7.72. The number of carbonyl (C=O) groups is 2. The Balaban J connectivity index is 1.35. The molecule has 0 aromatic rings. The highest BCUT2D eigenvalue weighted by atomic mass is 16.5. The zero-order valence-corrected chi connectivity index (χ0v) is 16.1. The molecule has 0 unspecified atom stereocenters. The lowest BCUT2D eigenvalue weighted by molar-refractivity contribution is -0.151. The maximum atomic E-state index is 12.6. The van der Waals surface area contributed by atoms with Crippen molar-refractivity contribution in [3.8, 4) is 0 Å². The molecule has 0 bridgehead atoms. The van der Waals surface area contributed by atoms with Crippen molar-refractivity contribution in [3.63, 3.8) is 0 Å². The molecule has 0 atom stereocenters. The Morgan fingerprint density at radius 1 is 0.962 bits per heavy atom. The van der Waals surface area contributed by atoms with Crippen LogP contribution < -0.4 is 5.32 Å². The van der Waals surface area contributed by atoms with Gasteiger partial charge in [-0.2, -0.15) is 0 Å². The Hall–Kier alpha value is -1.18. The summed E-state index contributed by atoms with van der Waals surface area (Å²) in [5.41, 5.74) is 0. The lowest BCUT2D eigenvalue weighted by Gasteiger charge is -2.41. The van der Waals surface area contributed by atoms with Gasteiger partial charge >= 0.3 is 5.97 Å². The molecule has 3 aliphatic rings. The zero-order valence-electron chi connectivity index (χ0n) is 16.1. The van der Waals surface area contributed by atoms with Crippen LogP contribution in [0.2, 0.25) is 0 Å². The number of piperazine rings is 1. The van der Waals surface area contributed by atoms with Crippen molar-refractivity contribution in [1.82, 2.24) is 20.0 Å². The predicted octanol–water partition coefficient (Wildman–Crippen LogP) is 0.300. The molecular weight excluding hydrogens is 332 g/mol. The van der Waals surface area contributed by atoms with E-state index in [4.69, 9.17) is 4.74 Å². The fraction of sp³-hybridized carbons (Fsp3) is 0.895. The Bertz CT molecular complexity index is 465. The summed E-state index contributed by atoms with van der Waals surface area (Å²) in [7, 11) is 0. The van der Waals surface area contributed by atoms with E-state index in [1.807, 2.05) is 11.8 Å². The second-order valence-corrected chi connectivity index (χ2v) is 7.72. The first-order valence-electron chi connectivity index (χ1n) is 10.3. The minimum Gasteiger partial charge on any atom is -0.462 e. The SMILES string of the molecule is CCC(=O)OC1CCN(C(=O)CN2CCN(C3CCNCC3)CC2)CC1. The van der Waals surface area contributed by atoms with Crippen molar-refractivity contribution in [2.24, 2.45) is 0 Å². The summed E-state index contributed by atoms with van der Waals surface area (Å²) in [6.07, 6.45) is 4.43. The molecule has 1 amide bonds. The highest BCUT2D eigenvalue weighted by Crippen LogP contribution is 2.17. The molecule has 3 heterocycles. The maximum absolute atomic E-state index is 12.6. The summed E-state index contributed by atoms with van der Waals surface area (Å²) < 4.78 is 5.39. The van der Waals surface area contributed by atoms with E-state index in [9.17, 15) is 9.59 Å². The van der Waals surface area contributed by atoms with E-state index in [0.717, 1.165) is 58.2 Å². The molecule has 3 rings (SSSR count). The van der Waals surface area contributed by atoms with Crippen LogP contribution in [0, 0.1) is 0 Å². The summed E-state index contributed by atoms with van der Waals surface area (Å²) in [6, 6.07) is 0.721. The van der Waals surface area contributed by atoms with E-state index >= 15 is 0 Å². The van der Waals surface area contributed by atoms with Crippen LogP contribution in [0.15, 0.2) is 0 Å². The smallest absolute Gasteiger partial charge is 0.305 e. The standard InChI is InChI=1S/C19H34N4O3/c1-2-19(25)26-17-5-9-23(10-6-17)18(24)15-21-11-13-22(14-12-21)16-3-7-20-8-4-16/h16-17,20H,2-15H2,1H3. The van der Waals surface area contributed by atoms with Crippen LogP contribution >= 0.6 is 0 Å². The van der Waals surface area contributed by atoms with E-state index in [-0.39, 0.29) is 18.0 Å². The van der Waals surface area contributed by atoms with Gasteiger partial charge in [-0.3, -0.25) is 19.4 Å². The molecule has 0 aromatic heterocycles. The fourth-order valence-corrected chi connectivity index (χ4v) is 4.24. The lowest BCUT2D eigenvalue weighted by atomic mass is 10.0. The topological polar surface area (TPSA) is 65.1 Å². The number of nitrogens with one attached hydrogen (secondary N) is 1. The van der Waals surface area contributed by atoms with Gasteiger partial charge < -0.3 is 15.0 Å². The minimum absolute atomic E-state index is 0.0139. The molecule has 0 radical (unpaired) electrons. The number of esters is 1. The van der Waals surface area contributed by atoms with Crippen LogP contribution in [-0.2, 0) is 14.3 Å². The molecule has 0 spiro atoms. The van der Waals surface area contributed by atoms with Gasteiger partial charge in [-0.1, -0.05) is 6.92 Å². The predicted molar refractivity (Wildman–Crippen MR) is 99.9 cm³/mol. The van der Waals surface area contributed by atoms with Crippen LogP contribution in [0.5, 0.6) is 0 Å². The summed E-state index contributed by atoms with van der Waals surface area (Å²) >= 11 is 0. The first-order chi connectivity index (χ1) is 12.7. The third-order valence-electron chi connectivity index (χ3n) is 5.97. The van der Waals surface area contributed by atoms with Crippen molar-refractivity contribution in [3.05, 3.63) is 0 Å². The summed E-state index contributed by atoms with van der Waals surface area (Å²) in [5.74, 6) is 0.0852. The first kappa shape index (κ1) is 19.6. The molecule has 1 N–H and O–H groups in total. The number of hydrogen-bond acceptors (Lipinski definition) is 6. The molecule has 7 heteroatoms. The number of ether oxygens (including phenoxy) is 1. The average molecular weight is 367 g/mol. The maximum Gasteiger partial charge on any atom is 0.305 e. The number of nitrogens with zero attached hydrogens (tertiary/aromatic N) is 3. The molecule has 0 aromatic carbocycles. The molecule has 0 aliphatic carbocycles. The molecule has 148 valence electrons. The molecule has 0 saturated carbocycles. The van der Waals surface area contributed by atoms with Gasteiger partial charge in [0.25, 0.3) is 0 Å². The van der Waals surface area contributed by atoms with Gasteiger partial charge in [-0.05, 0) is 25.9 Å². The zero-order chi connectivity index (χ0) is 18.4. The van der Waals surface area contributed by atoms with Crippen molar-refractivity contribution in [2.75, 3.05) is 58.9 Å². The van der Waals surface area contributed by atoms with Crippen molar-refractivity contribution >= 4 is 11.9 Å². The number of likely N-dealkylation sites (tertiary alicyclic amines) is 1. The largest absolute Gasteiger partial charge is 0.462 e. The molecule has 26 heavy (non-hydrogen) atoms. The van der Waals surface area contributed by atoms with E-state index in [2.05, 4.69) is 15.1 Å². The molecule has 3 fully saturated rings. The highest BCUT2D eigenvalue weighted by molar-refractivity contribution is 5.78. The van der Waals surface area contributed by atoms with Gasteiger partial charge in [-0.15, -0.1) is 0 Å². The number of piperidine rings is 2. The average Bonchev–Trinajstić information content (AvgIpc) is 2.69. The van der Waals surface area contributed by atoms with Gasteiger partial charge in [0.1, 0.15) is 6.10 Å². The van der Waals surface area contributed by atoms with Crippen LogP contribution in [0.25, 0.3) is 0 Å². The number of carbonyl (C=O) groups excluding carboxylic acids is 2. The van der Waals surface area contributed by atoms with E-state index in [0.29, 0.717) is 26.1 Å². The van der Waals surface area contributed by atoms with Gasteiger partial charge in [0, 0.05) is 64.6 Å². The van der Waals surface area contributed by atoms with E-state index in [1.54, 1.807) is 0 Å². The molecule has 3 saturated heterocycles. The van der Waals surface area contributed by atoms with Crippen LogP contribution in [0.4, 0.5) is 0 Å². The van der Waals surface area contributed by atoms with Crippen LogP contribution in [-0.4, -0.2) is 97.6 Å². The normalized spacial score (nSPS) is 24.6. The fourth-order valence-electron chi connectivity index (χ4n) is 4.24. The number of rotatable bonds is 5. The van der Waals surface area contributed by atoms with Crippen molar-refractivity contribution < 1.29 is 14.3 Å². The minimum atomic E-state index is -0.138. The molecular formula is C19H34N4O3. The van der Waals surface area contributed by atoms with Gasteiger partial charge in [0.05, 0.1) is 6.54 Å². The number of amides is 1. The third-order valence-corrected chi connectivity index (χ3v) is 5.97. The Morgan fingerprint density at radius 3 is 2.23 bits per heavy atom. The van der Waals surface area contributed by atoms with E-state index in [1.165, 1.54) is 12.8 Å². The second kappa shape index (κ2) is 9.67. The Morgan fingerprint density at radius 2 is 1.62 bits per heavy atom. The van der Waals surface area contributed by atoms with Gasteiger partial charge in [0.2, 0.25) is 5.91 Å². The third kappa shape index (κ3) is 5.41. The Kier molecular flexibility index (Phi) is 7.28. The first-order valence-corrected chi connectivity index (χ1v) is 10.3. The summed E-state index contributed by atoms with van der Waals surface area (Å²) in [5, 5.41) is 3.43.